The molecule has 2 N–H and O–H groups in total. The molecule has 0 amide bonds. The Kier molecular flexibility index (Phi) is 4.40. The Bertz CT molecular complexity index is 633. The van der Waals surface area contributed by atoms with Gasteiger partial charge in [0.2, 0.25) is 0 Å². The van der Waals surface area contributed by atoms with Crippen LogP contribution in [0.3, 0.4) is 0 Å². The average molecular weight is 289 g/mol. The highest BCUT2D eigenvalue weighted by atomic mass is 16.5. The fourth-order valence-electron chi connectivity index (χ4n) is 2.43. The molecule has 21 heavy (non-hydrogen) atoms. The topological polar surface area (TPSA) is 62.3 Å². The van der Waals surface area contributed by atoms with Gasteiger partial charge < -0.3 is 15.2 Å². The Morgan fingerprint density at radius 3 is 2.43 bits per heavy atom. The van der Waals surface area contributed by atoms with Crippen molar-refractivity contribution in [2.45, 2.75) is 20.3 Å². The number of rotatable bonds is 5. The van der Waals surface area contributed by atoms with Gasteiger partial charge in [-0.15, -0.1) is 0 Å². The van der Waals surface area contributed by atoms with Crippen LogP contribution in [-0.2, 0) is 13.5 Å². The molecule has 1 aromatic heterocycles. The molecule has 0 atom stereocenters. The number of methoxy groups -OCH3 is 2. The highest BCUT2D eigenvalue weighted by molar-refractivity contribution is 5.78. The minimum Gasteiger partial charge on any atom is -0.493 e. The lowest BCUT2D eigenvalue weighted by Gasteiger charge is -2.11. The molecular formula is C16H23N3O2. The van der Waals surface area contributed by atoms with Crippen LogP contribution in [0, 0.1) is 5.92 Å². The first-order chi connectivity index (χ1) is 9.97. The Morgan fingerprint density at radius 1 is 1.19 bits per heavy atom. The molecule has 1 heterocycles. The third-order valence-corrected chi connectivity index (χ3v) is 3.44. The molecule has 0 radical (unpaired) electrons. The number of benzene rings is 1. The van der Waals surface area contributed by atoms with E-state index in [1.807, 2.05) is 25.2 Å². The first-order valence-electron chi connectivity index (χ1n) is 7.01. The van der Waals surface area contributed by atoms with Crippen molar-refractivity contribution < 1.29 is 9.47 Å². The monoisotopic (exact) mass is 289 g/mol. The molecule has 2 aromatic rings. The van der Waals surface area contributed by atoms with Crippen LogP contribution in [0.1, 0.15) is 19.5 Å². The Morgan fingerprint density at radius 2 is 1.86 bits per heavy atom. The van der Waals surface area contributed by atoms with E-state index in [9.17, 15) is 0 Å². The van der Waals surface area contributed by atoms with Crippen molar-refractivity contribution in [2.24, 2.45) is 13.0 Å². The molecule has 0 saturated carbocycles. The van der Waals surface area contributed by atoms with E-state index in [0.717, 1.165) is 23.2 Å². The van der Waals surface area contributed by atoms with Crippen molar-refractivity contribution in [3.05, 3.63) is 23.9 Å². The van der Waals surface area contributed by atoms with E-state index in [2.05, 4.69) is 18.9 Å². The molecule has 5 heteroatoms. The molecule has 2 rings (SSSR count). The zero-order chi connectivity index (χ0) is 15.6. The second-order valence-electron chi connectivity index (χ2n) is 5.50. The molecule has 0 bridgehead atoms. The average Bonchev–Trinajstić information content (AvgIpc) is 2.72. The van der Waals surface area contributed by atoms with E-state index in [4.69, 9.17) is 15.2 Å². The fourth-order valence-corrected chi connectivity index (χ4v) is 2.43. The summed E-state index contributed by atoms with van der Waals surface area (Å²) in [6.45, 7) is 4.34. The first-order valence-corrected chi connectivity index (χ1v) is 7.01. The van der Waals surface area contributed by atoms with E-state index < -0.39 is 0 Å². The molecular weight excluding hydrogens is 266 g/mol. The van der Waals surface area contributed by atoms with Crippen LogP contribution in [0.25, 0.3) is 11.1 Å². The molecule has 0 unspecified atom stereocenters. The van der Waals surface area contributed by atoms with Crippen molar-refractivity contribution in [3.8, 4) is 22.6 Å². The Hall–Kier alpha value is -2.17. The number of ether oxygens (including phenoxy) is 2. The summed E-state index contributed by atoms with van der Waals surface area (Å²) in [5.41, 5.74) is 9.19. The molecule has 0 fully saturated rings. The van der Waals surface area contributed by atoms with Gasteiger partial charge in [0.05, 0.1) is 19.9 Å². The van der Waals surface area contributed by atoms with Crippen LogP contribution in [-0.4, -0.2) is 24.0 Å². The van der Waals surface area contributed by atoms with Crippen molar-refractivity contribution in [3.63, 3.8) is 0 Å². The van der Waals surface area contributed by atoms with Crippen molar-refractivity contribution in [1.82, 2.24) is 9.78 Å². The van der Waals surface area contributed by atoms with Gasteiger partial charge >= 0.3 is 0 Å². The third kappa shape index (κ3) is 2.96. The number of hydrogen-bond acceptors (Lipinski definition) is 4. The molecule has 0 spiro atoms. The molecule has 0 aliphatic heterocycles. The minimum atomic E-state index is 0.512. The molecule has 114 valence electrons. The van der Waals surface area contributed by atoms with Crippen molar-refractivity contribution >= 4 is 5.82 Å². The Balaban J connectivity index is 2.55. The van der Waals surface area contributed by atoms with Gasteiger partial charge in [-0.3, -0.25) is 4.68 Å². The predicted octanol–water partition coefficient (Wildman–Crippen LogP) is 2.89. The quantitative estimate of drug-likeness (QED) is 0.919. The number of nitrogens with zero attached hydrogens (tertiary/aromatic N) is 2. The third-order valence-electron chi connectivity index (χ3n) is 3.44. The smallest absolute Gasteiger partial charge is 0.161 e. The minimum absolute atomic E-state index is 0.512. The summed E-state index contributed by atoms with van der Waals surface area (Å²) >= 11 is 0. The largest absolute Gasteiger partial charge is 0.493 e. The van der Waals surface area contributed by atoms with Crippen LogP contribution >= 0.6 is 0 Å². The zero-order valence-electron chi connectivity index (χ0n) is 13.3. The summed E-state index contributed by atoms with van der Waals surface area (Å²) in [6, 6.07) is 5.81. The number of aryl methyl sites for hydroxylation is 1. The van der Waals surface area contributed by atoms with Gasteiger partial charge in [0.25, 0.3) is 0 Å². The fraction of sp³-hybridized carbons (Fsp3) is 0.438. The second-order valence-corrected chi connectivity index (χ2v) is 5.50. The SMILES string of the molecule is COc1ccc(-c2c(CC(C)C)nn(C)c2N)cc1OC. The van der Waals surface area contributed by atoms with E-state index in [-0.39, 0.29) is 0 Å². The maximum absolute atomic E-state index is 6.20. The van der Waals surface area contributed by atoms with E-state index in [1.165, 1.54) is 0 Å². The number of nitrogen functional groups attached to an aromatic ring is 1. The van der Waals surface area contributed by atoms with Gasteiger partial charge in [0.1, 0.15) is 5.82 Å². The number of nitrogens with two attached hydrogens (primary N) is 1. The van der Waals surface area contributed by atoms with Crippen LogP contribution in [0.15, 0.2) is 18.2 Å². The van der Waals surface area contributed by atoms with Crippen LogP contribution < -0.4 is 15.2 Å². The van der Waals surface area contributed by atoms with E-state index >= 15 is 0 Å². The summed E-state index contributed by atoms with van der Waals surface area (Å²) in [6.07, 6.45) is 0.884. The first kappa shape index (κ1) is 15.2. The van der Waals surface area contributed by atoms with Crippen molar-refractivity contribution in [2.75, 3.05) is 20.0 Å². The summed E-state index contributed by atoms with van der Waals surface area (Å²) in [7, 11) is 5.12. The van der Waals surface area contributed by atoms with Gasteiger partial charge in [-0.2, -0.15) is 5.10 Å². The van der Waals surface area contributed by atoms with Crippen LogP contribution in [0.2, 0.25) is 0 Å². The maximum atomic E-state index is 6.20. The lowest BCUT2D eigenvalue weighted by Crippen LogP contribution is -1.98. The summed E-state index contributed by atoms with van der Waals surface area (Å²) in [5, 5.41) is 4.54. The van der Waals surface area contributed by atoms with Gasteiger partial charge in [-0.25, -0.2) is 0 Å². The lowest BCUT2D eigenvalue weighted by atomic mass is 9.99. The Labute approximate surface area is 125 Å². The standard InChI is InChI=1S/C16H23N3O2/c1-10(2)8-12-15(16(17)19(3)18-12)11-6-7-13(20-4)14(9-11)21-5/h6-7,9-10H,8,17H2,1-5H3. The number of anilines is 1. The highest BCUT2D eigenvalue weighted by Gasteiger charge is 2.18. The van der Waals surface area contributed by atoms with Gasteiger partial charge in [-0.1, -0.05) is 19.9 Å². The molecule has 0 aliphatic carbocycles. The van der Waals surface area contributed by atoms with Gasteiger partial charge in [0, 0.05) is 12.6 Å². The summed E-state index contributed by atoms with van der Waals surface area (Å²) in [5.74, 6) is 2.57. The van der Waals surface area contributed by atoms with Crippen LogP contribution in [0.4, 0.5) is 5.82 Å². The number of aromatic nitrogens is 2. The highest BCUT2D eigenvalue weighted by Crippen LogP contribution is 2.36. The molecule has 0 saturated heterocycles. The summed E-state index contributed by atoms with van der Waals surface area (Å²) < 4.78 is 12.4. The van der Waals surface area contributed by atoms with Crippen molar-refractivity contribution in [1.29, 1.82) is 0 Å². The maximum Gasteiger partial charge on any atom is 0.161 e. The van der Waals surface area contributed by atoms with Gasteiger partial charge in [-0.05, 0) is 30.0 Å². The lowest BCUT2D eigenvalue weighted by molar-refractivity contribution is 0.355. The predicted molar refractivity (Wildman–Crippen MR) is 84.7 cm³/mol. The molecule has 5 nitrogen and oxygen atoms in total. The van der Waals surface area contributed by atoms with E-state index in [1.54, 1.807) is 18.9 Å². The zero-order valence-corrected chi connectivity index (χ0v) is 13.3. The summed E-state index contributed by atoms with van der Waals surface area (Å²) in [4.78, 5) is 0. The van der Waals surface area contributed by atoms with Crippen LogP contribution in [0.5, 0.6) is 11.5 Å². The molecule has 1 aromatic carbocycles. The second kappa shape index (κ2) is 6.08. The molecule has 0 aliphatic rings. The van der Waals surface area contributed by atoms with E-state index in [0.29, 0.717) is 23.2 Å². The normalized spacial score (nSPS) is 11.0. The van der Waals surface area contributed by atoms with Gasteiger partial charge in [0.15, 0.2) is 11.5 Å². The number of hydrogen-bond donors (Lipinski definition) is 1.